The quantitative estimate of drug-likeness (QED) is 0.744. The van der Waals surface area contributed by atoms with E-state index >= 15 is 0 Å². The van der Waals surface area contributed by atoms with Crippen molar-refractivity contribution in [2.75, 3.05) is 24.2 Å². The van der Waals surface area contributed by atoms with E-state index in [2.05, 4.69) is 46.6 Å². The molecular formula is C16H17N3S. The predicted molar refractivity (Wildman–Crippen MR) is 87.4 cm³/mol. The highest BCUT2D eigenvalue weighted by Gasteiger charge is 2.09. The van der Waals surface area contributed by atoms with Crippen LogP contribution in [0.3, 0.4) is 0 Å². The number of hydrogen-bond donors (Lipinski definition) is 1. The van der Waals surface area contributed by atoms with E-state index < -0.39 is 0 Å². The fourth-order valence-corrected chi connectivity index (χ4v) is 3.07. The van der Waals surface area contributed by atoms with Gasteiger partial charge in [0.05, 0.1) is 11.4 Å². The Morgan fingerprint density at radius 1 is 1.25 bits per heavy atom. The minimum Gasteiger partial charge on any atom is -0.397 e. The molecule has 0 bridgehead atoms. The molecule has 0 saturated heterocycles. The normalized spacial score (nSPS) is 10.8. The van der Waals surface area contributed by atoms with E-state index in [4.69, 9.17) is 5.73 Å². The Morgan fingerprint density at radius 3 is 2.95 bits per heavy atom. The van der Waals surface area contributed by atoms with Crippen LogP contribution >= 0.6 is 11.3 Å². The zero-order chi connectivity index (χ0) is 13.9. The van der Waals surface area contributed by atoms with E-state index in [0.717, 1.165) is 35.1 Å². The fourth-order valence-electron chi connectivity index (χ4n) is 2.37. The summed E-state index contributed by atoms with van der Waals surface area (Å²) in [5.41, 5.74) is 8.22. The summed E-state index contributed by atoms with van der Waals surface area (Å²) in [6, 6.07) is 10.4. The van der Waals surface area contributed by atoms with Gasteiger partial charge in [-0.3, -0.25) is 4.98 Å². The number of pyridine rings is 1. The molecule has 102 valence electrons. The summed E-state index contributed by atoms with van der Waals surface area (Å²) in [5.74, 6) is 0. The molecule has 2 heterocycles. The Hall–Kier alpha value is -2.07. The SMILES string of the molecule is CN(CCc1cccs1)c1ccc2cnccc2c1N. The maximum Gasteiger partial charge on any atom is 0.0632 e. The van der Waals surface area contributed by atoms with Crippen molar-refractivity contribution in [3.8, 4) is 0 Å². The number of likely N-dealkylation sites (N-methyl/N-ethyl adjacent to an activating group) is 1. The van der Waals surface area contributed by atoms with Crippen molar-refractivity contribution in [3.63, 3.8) is 0 Å². The van der Waals surface area contributed by atoms with E-state index in [1.807, 2.05) is 12.3 Å². The average Bonchev–Trinajstić information content (AvgIpc) is 2.99. The van der Waals surface area contributed by atoms with Gasteiger partial charge in [0.15, 0.2) is 0 Å². The van der Waals surface area contributed by atoms with Crippen molar-refractivity contribution in [3.05, 3.63) is 53.0 Å². The standard InChI is InChI=1S/C16H17N3S/c1-19(9-7-13-3-2-10-20-13)15-5-4-12-11-18-8-6-14(12)16(15)17/h2-6,8,10-11H,7,9,17H2,1H3. The third-order valence-corrected chi connectivity index (χ3v) is 4.46. The monoisotopic (exact) mass is 283 g/mol. The molecule has 0 radical (unpaired) electrons. The molecule has 0 aliphatic carbocycles. The first-order valence-corrected chi connectivity index (χ1v) is 7.49. The van der Waals surface area contributed by atoms with Crippen LogP contribution in [0.2, 0.25) is 0 Å². The summed E-state index contributed by atoms with van der Waals surface area (Å²) in [5, 5.41) is 4.27. The lowest BCUT2D eigenvalue weighted by atomic mass is 10.1. The first kappa shape index (κ1) is 12.9. The molecule has 0 fully saturated rings. The van der Waals surface area contributed by atoms with Gasteiger partial charge in [-0.05, 0) is 30.0 Å². The molecule has 1 aromatic carbocycles. The zero-order valence-corrected chi connectivity index (χ0v) is 12.2. The van der Waals surface area contributed by atoms with Gasteiger partial charge in [0, 0.05) is 41.6 Å². The lowest BCUT2D eigenvalue weighted by molar-refractivity contribution is 0.889. The largest absolute Gasteiger partial charge is 0.397 e. The Labute approximate surface area is 122 Å². The van der Waals surface area contributed by atoms with Crippen LogP contribution in [0.15, 0.2) is 48.1 Å². The molecule has 0 amide bonds. The van der Waals surface area contributed by atoms with Crippen LogP contribution in [0.25, 0.3) is 10.8 Å². The molecule has 0 saturated carbocycles. The Bertz CT molecular complexity index is 707. The maximum atomic E-state index is 6.30. The van der Waals surface area contributed by atoms with Crippen molar-refractivity contribution in [1.82, 2.24) is 4.98 Å². The van der Waals surface area contributed by atoms with Gasteiger partial charge in [-0.1, -0.05) is 12.1 Å². The minimum absolute atomic E-state index is 0.832. The number of aromatic nitrogens is 1. The summed E-state index contributed by atoms with van der Waals surface area (Å²) >= 11 is 1.80. The van der Waals surface area contributed by atoms with Crippen LogP contribution in [0.4, 0.5) is 11.4 Å². The number of hydrogen-bond acceptors (Lipinski definition) is 4. The smallest absolute Gasteiger partial charge is 0.0632 e. The number of nitrogen functional groups attached to an aromatic ring is 1. The highest BCUT2D eigenvalue weighted by Crippen LogP contribution is 2.30. The maximum absolute atomic E-state index is 6.30. The summed E-state index contributed by atoms with van der Waals surface area (Å²) in [4.78, 5) is 7.75. The Balaban J connectivity index is 1.84. The van der Waals surface area contributed by atoms with Gasteiger partial charge in [-0.2, -0.15) is 0 Å². The Kier molecular flexibility index (Phi) is 3.56. The van der Waals surface area contributed by atoms with Gasteiger partial charge in [0.25, 0.3) is 0 Å². The minimum atomic E-state index is 0.832. The van der Waals surface area contributed by atoms with Crippen LogP contribution in [-0.2, 0) is 6.42 Å². The predicted octanol–water partition coefficient (Wildman–Crippen LogP) is 3.56. The van der Waals surface area contributed by atoms with E-state index in [-0.39, 0.29) is 0 Å². The fraction of sp³-hybridized carbons (Fsp3) is 0.188. The molecule has 2 aromatic heterocycles. The molecule has 0 spiro atoms. The molecule has 0 atom stereocenters. The van der Waals surface area contributed by atoms with Crippen molar-refractivity contribution in [2.24, 2.45) is 0 Å². The number of fused-ring (bicyclic) bond motifs is 1. The second-order valence-corrected chi connectivity index (χ2v) is 5.88. The van der Waals surface area contributed by atoms with Gasteiger partial charge < -0.3 is 10.6 Å². The molecule has 3 aromatic rings. The van der Waals surface area contributed by atoms with Crippen molar-refractivity contribution >= 4 is 33.5 Å². The Morgan fingerprint density at radius 2 is 2.15 bits per heavy atom. The second kappa shape index (κ2) is 5.51. The number of nitrogens with zero attached hydrogens (tertiary/aromatic N) is 2. The van der Waals surface area contributed by atoms with E-state index in [0.29, 0.717) is 0 Å². The number of anilines is 2. The van der Waals surface area contributed by atoms with Gasteiger partial charge in [0.1, 0.15) is 0 Å². The van der Waals surface area contributed by atoms with Crippen molar-refractivity contribution in [1.29, 1.82) is 0 Å². The molecule has 3 nitrogen and oxygen atoms in total. The van der Waals surface area contributed by atoms with Crippen LogP contribution < -0.4 is 10.6 Å². The van der Waals surface area contributed by atoms with Crippen LogP contribution in [0.5, 0.6) is 0 Å². The highest BCUT2D eigenvalue weighted by atomic mass is 32.1. The first-order chi connectivity index (χ1) is 9.75. The molecule has 0 aliphatic heterocycles. The lowest BCUT2D eigenvalue weighted by Gasteiger charge is -2.21. The molecule has 2 N–H and O–H groups in total. The number of nitrogens with two attached hydrogens (primary N) is 1. The van der Waals surface area contributed by atoms with Gasteiger partial charge in [-0.15, -0.1) is 11.3 Å². The molecule has 0 unspecified atom stereocenters. The highest BCUT2D eigenvalue weighted by molar-refractivity contribution is 7.09. The van der Waals surface area contributed by atoms with Crippen LogP contribution in [0.1, 0.15) is 4.88 Å². The molecule has 20 heavy (non-hydrogen) atoms. The number of benzene rings is 1. The average molecular weight is 283 g/mol. The summed E-state index contributed by atoms with van der Waals surface area (Å²) in [6.45, 7) is 0.960. The van der Waals surface area contributed by atoms with Gasteiger partial charge in [-0.25, -0.2) is 0 Å². The lowest BCUT2D eigenvalue weighted by Crippen LogP contribution is -2.21. The van der Waals surface area contributed by atoms with E-state index in [1.165, 1.54) is 4.88 Å². The topological polar surface area (TPSA) is 42.2 Å². The summed E-state index contributed by atoms with van der Waals surface area (Å²) in [7, 11) is 2.09. The third-order valence-electron chi connectivity index (χ3n) is 3.52. The second-order valence-electron chi connectivity index (χ2n) is 4.85. The third kappa shape index (κ3) is 2.47. The van der Waals surface area contributed by atoms with Crippen molar-refractivity contribution in [2.45, 2.75) is 6.42 Å². The van der Waals surface area contributed by atoms with Gasteiger partial charge >= 0.3 is 0 Å². The number of rotatable bonds is 4. The van der Waals surface area contributed by atoms with Crippen LogP contribution in [0, 0.1) is 0 Å². The van der Waals surface area contributed by atoms with E-state index in [1.54, 1.807) is 17.5 Å². The molecule has 3 rings (SSSR count). The molecular weight excluding hydrogens is 266 g/mol. The molecule has 4 heteroatoms. The van der Waals surface area contributed by atoms with E-state index in [9.17, 15) is 0 Å². The molecule has 0 aliphatic rings. The summed E-state index contributed by atoms with van der Waals surface area (Å²) in [6.07, 6.45) is 4.68. The van der Waals surface area contributed by atoms with Crippen LogP contribution in [-0.4, -0.2) is 18.6 Å². The summed E-state index contributed by atoms with van der Waals surface area (Å²) < 4.78 is 0. The van der Waals surface area contributed by atoms with Gasteiger partial charge in [0.2, 0.25) is 0 Å². The first-order valence-electron chi connectivity index (χ1n) is 6.61. The zero-order valence-electron chi connectivity index (χ0n) is 11.4. The van der Waals surface area contributed by atoms with Crippen molar-refractivity contribution < 1.29 is 0 Å². The number of thiophene rings is 1.